The predicted octanol–water partition coefficient (Wildman–Crippen LogP) is 5.35. The van der Waals surface area contributed by atoms with Gasteiger partial charge in [-0.3, -0.25) is 0 Å². The summed E-state index contributed by atoms with van der Waals surface area (Å²) in [6, 6.07) is 20.0. The van der Waals surface area contributed by atoms with Gasteiger partial charge < -0.3 is 25.8 Å². The van der Waals surface area contributed by atoms with Gasteiger partial charge in [0, 0.05) is 33.2 Å². The molecule has 0 aliphatic heterocycles. The van der Waals surface area contributed by atoms with Crippen molar-refractivity contribution in [3.8, 4) is 33.9 Å². The number of amidine groups is 1. The highest BCUT2D eigenvalue weighted by Crippen LogP contribution is 2.41. The SMILES string of the molecule is CC(C)(C)ON=C(N)c1ccc2[nH]c(-c3cccc(-c4ccccc4O)c3O)cc2c1. The molecule has 0 aliphatic rings. The van der Waals surface area contributed by atoms with Crippen LogP contribution in [0.1, 0.15) is 26.3 Å². The van der Waals surface area contributed by atoms with E-state index in [1.54, 1.807) is 24.3 Å². The summed E-state index contributed by atoms with van der Waals surface area (Å²) < 4.78 is 0. The number of phenols is 2. The van der Waals surface area contributed by atoms with Crippen LogP contribution in [0.4, 0.5) is 0 Å². The third kappa shape index (κ3) is 4.19. The number of nitrogens with one attached hydrogen (secondary N) is 1. The molecule has 1 aromatic heterocycles. The van der Waals surface area contributed by atoms with Gasteiger partial charge in [0.1, 0.15) is 17.1 Å². The average Bonchev–Trinajstić information content (AvgIpc) is 3.15. The van der Waals surface area contributed by atoms with Crippen LogP contribution < -0.4 is 5.73 Å². The second kappa shape index (κ2) is 7.72. The number of H-pyrrole nitrogens is 1. The number of aromatic nitrogens is 1. The number of hydrogen-bond acceptors (Lipinski definition) is 4. The molecule has 4 aromatic rings. The summed E-state index contributed by atoms with van der Waals surface area (Å²) in [5, 5.41) is 26.1. The Kier molecular flexibility index (Phi) is 5.07. The average molecular weight is 415 g/mol. The monoisotopic (exact) mass is 415 g/mol. The highest BCUT2D eigenvalue weighted by molar-refractivity contribution is 6.01. The Bertz CT molecular complexity index is 1280. The quantitative estimate of drug-likeness (QED) is 0.205. The highest BCUT2D eigenvalue weighted by Gasteiger charge is 2.15. The highest BCUT2D eigenvalue weighted by atomic mass is 16.6. The van der Waals surface area contributed by atoms with Gasteiger partial charge in [0.15, 0.2) is 5.84 Å². The minimum absolute atomic E-state index is 0.0930. The van der Waals surface area contributed by atoms with E-state index in [0.717, 1.165) is 22.2 Å². The summed E-state index contributed by atoms with van der Waals surface area (Å²) in [5.41, 5.74) is 9.83. The van der Waals surface area contributed by atoms with Crippen molar-refractivity contribution in [2.24, 2.45) is 10.9 Å². The molecule has 0 unspecified atom stereocenters. The molecule has 0 bridgehead atoms. The van der Waals surface area contributed by atoms with Gasteiger partial charge in [-0.05, 0) is 57.2 Å². The normalized spacial score (nSPS) is 12.3. The van der Waals surface area contributed by atoms with E-state index in [-0.39, 0.29) is 11.5 Å². The molecule has 0 radical (unpaired) electrons. The Hall–Kier alpha value is -3.93. The van der Waals surface area contributed by atoms with Crippen LogP contribution >= 0.6 is 0 Å². The lowest BCUT2D eigenvalue weighted by molar-refractivity contribution is 0.000834. The van der Waals surface area contributed by atoms with Crippen LogP contribution in [0.25, 0.3) is 33.3 Å². The van der Waals surface area contributed by atoms with E-state index in [0.29, 0.717) is 22.5 Å². The number of aromatic hydroxyl groups is 2. The molecule has 31 heavy (non-hydrogen) atoms. The molecule has 0 amide bonds. The van der Waals surface area contributed by atoms with Crippen LogP contribution in [0.3, 0.4) is 0 Å². The fourth-order valence-electron chi connectivity index (χ4n) is 3.36. The summed E-state index contributed by atoms with van der Waals surface area (Å²) in [5.74, 6) is 0.503. The van der Waals surface area contributed by atoms with Crippen molar-refractivity contribution in [1.82, 2.24) is 4.98 Å². The first-order chi connectivity index (χ1) is 14.7. The number of benzene rings is 3. The Labute approximate surface area is 180 Å². The van der Waals surface area contributed by atoms with Crippen molar-refractivity contribution >= 4 is 16.7 Å². The number of nitrogens with two attached hydrogens (primary N) is 1. The molecular weight excluding hydrogens is 390 g/mol. The van der Waals surface area contributed by atoms with Gasteiger partial charge in [-0.25, -0.2) is 0 Å². The second-order valence-electron chi connectivity index (χ2n) is 8.38. The van der Waals surface area contributed by atoms with Gasteiger partial charge in [0.25, 0.3) is 0 Å². The van der Waals surface area contributed by atoms with Gasteiger partial charge in [-0.2, -0.15) is 0 Å². The van der Waals surface area contributed by atoms with Crippen LogP contribution in [0.15, 0.2) is 71.9 Å². The zero-order valence-electron chi connectivity index (χ0n) is 17.7. The van der Waals surface area contributed by atoms with Gasteiger partial charge >= 0.3 is 0 Å². The van der Waals surface area contributed by atoms with Gasteiger partial charge in [-0.1, -0.05) is 35.5 Å². The maximum Gasteiger partial charge on any atom is 0.170 e. The number of nitrogens with zero attached hydrogens (tertiary/aromatic N) is 1. The van der Waals surface area contributed by atoms with E-state index in [4.69, 9.17) is 10.6 Å². The van der Waals surface area contributed by atoms with Crippen LogP contribution in [-0.4, -0.2) is 26.6 Å². The summed E-state index contributed by atoms with van der Waals surface area (Å²) in [6.45, 7) is 5.71. The minimum Gasteiger partial charge on any atom is -0.507 e. The molecule has 3 aromatic carbocycles. The fourth-order valence-corrected chi connectivity index (χ4v) is 3.36. The van der Waals surface area contributed by atoms with E-state index in [2.05, 4.69) is 10.1 Å². The van der Waals surface area contributed by atoms with E-state index in [1.165, 1.54) is 0 Å². The molecule has 4 rings (SSSR count). The molecule has 6 heteroatoms. The third-order valence-corrected chi connectivity index (χ3v) is 4.85. The van der Waals surface area contributed by atoms with Crippen molar-refractivity contribution in [3.05, 3.63) is 72.3 Å². The zero-order valence-corrected chi connectivity index (χ0v) is 17.7. The third-order valence-electron chi connectivity index (χ3n) is 4.85. The van der Waals surface area contributed by atoms with Crippen molar-refractivity contribution in [2.45, 2.75) is 26.4 Å². The number of aromatic amines is 1. The molecular formula is C25H25N3O3. The molecule has 0 fully saturated rings. The first-order valence-corrected chi connectivity index (χ1v) is 9.98. The summed E-state index contributed by atoms with van der Waals surface area (Å²) in [7, 11) is 0. The van der Waals surface area contributed by atoms with Crippen LogP contribution in [-0.2, 0) is 4.84 Å². The number of hydrogen-bond donors (Lipinski definition) is 4. The standard InChI is InChI=1S/C25H25N3O3/c1-25(2,3)31-28-24(26)15-11-12-20-16(13-15)14-21(27-20)19-9-6-8-18(23(19)30)17-7-4-5-10-22(17)29/h4-14,27,29-30H,1-3H3,(H2,26,28). The van der Waals surface area contributed by atoms with E-state index in [9.17, 15) is 10.2 Å². The van der Waals surface area contributed by atoms with Gasteiger partial charge in [0.05, 0.1) is 5.69 Å². The van der Waals surface area contributed by atoms with Gasteiger partial charge in [0.2, 0.25) is 0 Å². The lowest BCUT2D eigenvalue weighted by Crippen LogP contribution is -2.20. The molecule has 0 atom stereocenters. The van der Waals surface area contributed by atoms with Crippen LogP contribution in [0, 0.1) is 0 Å². The largest absolute Gasteiger partial charge is 0.507 e. The molecule has 0 spiro atoms. The molecule has 0 saturated heterocycles. The molecule has 0 saturated carbocycles. The molecule has 5 N–H and O–H groups in total. The van der Waals surface area contributed by atoms with Crippen LogP contribution in [0.5, 0.6) is 11.5 Å². The summed E-state index contributed by atoms with van der Waals surface area (Å²) >= 11 is 0. The van der Waals surface area contributed by atoms with E-state index < -0.39 is 5.60 Å². The maximum atomic E-state index is 10.9. The Morgan fingerprint density at radius 1 is 0.903 bits per heavy atom. The molecule has 6 nitrogen and oxygen atoms in total. The molecule has 158 valence electrons. The Balaban J connectivity index is 1.73. The number of phenolic OH excluding ortho intramolecular Hbond substituents is 2. The second-order valence-corrected chi connectivity index (χ2v) is 8.38. The van der Waals surface area contributed by atoms with E-state index >= 15 is 0 Å². The summed E-state index contributed by atoms with van der Waals surface area (Å²) in [6.07, 6.45) is 0. The molecule has 1 heterocycles. The number of rotatable bonds is 4. The first kappa shape index (κ1) is 20.3. The first-order valence-electron chi connectivity index (χ1n) is 9.98. The van der Waals surface area contributed by atoms with E-state index in [1.807, 2.05) is 63.2 Å². The Morgan fingerprint density at radius 3 is 2.35 bits per heavy atom. The fraction of sp³-hybridized carbons (Fsp3) is 0.160. The smallest absolute Gasteiger partial charge is 0.170 e. The molecule has 0 aliphatic carbocycles. The number of para-hydroxylation sites is 2. The zero-order chi connectivity index (χ0) is 22.2. The predicted molar refractivity (Wildman–Crippen MR) is 124 cm³/mol. The van der Waals surface area contributed by atoms with Crippen LogP contribution in [0.2, 0.25) is 0 Å². The summed E-state index contributed by atoms with van der Waals surface area (Å²) in [4.78, 5) is 8.75. The lowest BCUT2D eigenvalue weighted by Gasteiger charge is -2.15. The number of fused-ring (bicyclic) bond motifs is 1. The van der Waals surface area contributed by atoms with Crippen molar-refractivity contribution in [2.75, 3.05) is 0 Å². The number of oxime groups is 1. The minimum atomic E-state index is -0.425. The van der Waals surface area contributed by atoms with Crippen molar-refractivity contribution in [3.63, 3.8) is 0 Å². The van der Waals surface area contributed by atoms with Gasteiger partial charge in [-0.15, -0.1) is 0 Å². The van der Waals surface area contributed by atoms with Crippen molar-refractivity contribution < 1.29 is 15.1 Å². The lowest BCUT2D eigenvalue weighted by atomic mass is 9.99. The van der Waals surface area contributed by atoms with Crippen molar-refractivity contribution in [1.29, 1.82) is 0 Å². The topological polar surface area (TPSA) is 104 Å². The maximum absolute atomic E-state index is 10.9. The Morgan fingerprint density at radius 2 is 1.61 bits per heavy atom.